The van der Waals surface area contributed by atoms with Crippen molar-refractivity contribution < 1.29 is 5.11 Å². The van der Waals surface area contributed by atoms with E-state index in [-0.39, 0.29) is 6.10 Å². The van der Waals surface area contributed by atoms with Gasteiger partial charge in [0.05, 0.1) is 6.10 Å². The molecule has 1 N–H and O–H groups in total. The van der Waals surface area contributed by atoms with Gasteiger partial charge in [0.2, 0.25) is 0 Å². The summed E-state index contributed by atoms with van der Waals surface area (Å²) in [6.45, 7) is 8.88. The van der Waals surface area contributed by atoms with Crippen LogP contribution in [-0.2, 0) is 0 Å². The monoisotopic (exact) mass is 170 g/mol. The van der Waals surface area contributed by atoms with Gasteiger partial charge in [-0.25, -0.2) is 0 Å². The lowest BCUT2D eigenvalue weighted by Gasteiger charge is -2.24. The first-order valence-corrected chi connectivity index (χ1v) is 5.22. The van der Waals surface area contributed by atoms with Gasteiger partial charge in [-0.2, -0.15) is 0 Å². The minimum absolute atomic E-state index is 0.0370. The Morgan fingerprint density at radius 2 is 1.25 bits per heavy atom. The Bertz CT molecular complexity index is 124. The van der Waals surface area contributed by atoms with Crippen LogP contribution in [0.3, 0.4) is 0 Å². The Hall–Kier alpha value is -0.0400. The third-order valence-electron chi connectivity index (χ3n) is 3.42. The van der Waals surface area contributed by atoms with E-state index in [1.165, 1.54) is 12.8 Å². The van der Waals surface area contributed by atoms with Gasteiger partial charge in [-0.1, -0.05) is 27.7 Å². The molecule has 0 amide bonds. The van der Waals surface area contributed by atoms with Crippen molar-refractivity contribution in [1.82, 2.24) is 0 Å². The summed E-state index contributed by atoms with van der Waals surface area (Å²) in [6.07, 6.45) is 2.41. The SMILES string of the molecule is CC(C)C1CCC(C(C)C)C1O. The highest BCUT2D eigenvalue weighted by molar-refractivity contribution is 4.87. The Labute approximate surface area is 76.2 Å². The average Bonchev–Trinajstić information content (AvgIpc) is 2.30. The molecule has 1 nitrogen and oxygen atoms in total. The highest BCUT2D eigenvalue weighted by Crippen LogP contribution is 2.39. The summed E-state index contributed by atoms with van der Waals surface area (Å²) in [5, 5.41) is 9.99. The van der Waals surface area contributed by atoms with E-state index in [2.05, 4.69) is 27.7 Å². The molecule has 1 aliphatic carbocycles. The van der Waals surface area contributed by atoms with Gasteiger partial charge in [0.25, 0.3) is 0 Å². The second-order valence-electron chi connectivity index (χ2n) is 4.88. The van der Waals surface area contributed by atoms with Crippen LogP contribution in [0, 0.1) is 23.7 Å². The Morgan fingerprint density at radius 3 is 1.42 bits per heavy atom. The highest BCUT2D eigenvalue weighted by atomic mass is 16.3. The van der Waals surface area contributed by atoms with Crippen LogP contribution in [0.4, 0.5) is 0 Å². The molecule has 0 saturated heterocycles. The fraction of sp³-hybridized carbons (Fsp3) is 1.00. The van der Waals surface area contributed by atoms with E-state index < -0.39 is 0 Å². The molecule has 0 aromatic carbocycles. The van der Waals surface area contributed by atoms with Gasteiger partial charge >= 0.3 is 0 Å². The van der Waals surface area contributed by atoms with Crippen LogP contribution >= 0.6 is 0 Å². The average molecular weight is 170 g/mol. The van der Waals surface area contributed by atoms with Gasteiger partial charge < -0.3 is 5.11 Å². The van der Waals surface area contributed by atoms with Crippen molar-refractivity contribution in [2.24, 2.45) is 23.7 Å². The van der Waals surface area contributed by atoms with E-state index in [0.29, 0.717) is 23.7 Å². The smallest absolute Gasteiger partial charge is 0.0601 e. The van der Waals surface area contributed by atoms with Crippen LogP contribution < -0.4 is 0 Å². The highest BCUT2D eigenvalue weighted by Gasteiger charge is 2.37. The number of hydrogen-bond donors (Lipinski definition) is 1. The lowest BCUT2D eigenvalue weighted by atomic mass is 9.86. The van der Waals surface area contributed by atoms with Crippen molar-refractivity contribution in [3.8, 4) is 0 Å². The first-order valence-electron chi connectivity index (χ1n) is 5.22. The fourth-order valence-electron chi connectivity index (χ4n) is 2.50. The molecule has 0 aromatic rings. The van der Waals surface area contributed by atoms with E-state index >= 15 is 0 Å². The predicted molar refractivity (Wildman–Crippen MR) is 51.9 cm³/mol. The zero-order valence-electron chi connectivity index (χ0n) is 8.75. The van der Waals surface area contributed by atoms with Gasteiger partial charge in [-0.15, -0.1) is 0 Å². The summed E-state index contributed by atoms with van der Waals surface area (Å²) in [5.41, 5.74) is 0. The topological polar surface area (TPSA) is 20.2 Å². The molecule has 1 heteroatoms. The Balaban J connectivity index is 2.55. The van der Waals surface area contributed by atoms with Gasteiger partial charge in [0, 0.05) is 0 Å². The summed E-state index contributed by atoms with van der Waals surface area (Å²) < 4.78 is 0. The minimum Gasteiger partial charge on any atom is -0.393 e. The van der Waals surface area contributed by atoms with Gasteiger partial charge in [0.1, 0.15) is 0 Å². The van der Waals surface area contributed by atoms with Crippen LogP contribution in [0.15, 0.2) is 0 Å². The minimum atomic E-state index is -0.0370. The molecule has 0 radical (unpaired) electrons. The first-order chi connectivity index (χ1) is 5.54. The second kappa shape index (κ2) is 3.78. The van der Waals surface area contributed by atoms with E-state index in [1.54, 1.807) is 0 Å². The quantitative estimate of drug-likeness (QED) is 0.675. The van der Waals surface area contributed by atoms with Gasteiger partial charge in [-0.05, 0) is 36.5 Å². The molecule has 1 rings (SSSR count). The zero-order chi connectivity index (χ0) is 9.30. The molecule has 0 aliphatic heterocycles. The maximum atomic E-state index is 9.99. The van der Waals surface area contributed by atoms with Crippen molar-refractivity contribution in [3.63, 3.8) is 0 Å². The number of aliphatic hydroxyl groups is 1. The van der Waals surface area contributed by atoms with Crippen molar-refractivity contribution >= 4 is 0 Å². The molecule has 1 aliphatic rings. The lowest BCUT2D eigenvalue weighted by Crippen LogP contribution is -2.27. The molecule has 1 saturated carbocycles. The lowest BCUT2D eigenvalue weighted by molar-refractivity contribution is 0.0546. The normalized spacial score (nSPS) is 36.8. The molecular weight excluding hydrogens is 148 g/mol. The van der Waals surface area contributed by atoms with Gasteiger partial charge in [-0.3, -0.25) is 0 Å². The molecule has 0 spiro atoms. The molecule has 0 aromatic heterocycles. The summed E-state index contributed by atoms with van der Waals surface area (Å²) in [4.78, 5) is 0. The van der Waals surface area contributed by atoms with Crippen molar-refractivity contribution in [2.75, 3.05) is 0 Å². The number of aliphatic hydroxyl groups excluding tert-OH is 1. The molecule has 12 heavy (non-hydrogen) atoms. The molecule has 72 valence electrons. The van der Waals surface area contributed by atoms with Crippen LogP contribution in [0.25, 0.3) is 0 Å². The van der Waals surface area contributed by atoms with Gasteiger partial charge in [0.15, 0.2) is 0 Å². The van der Waals surface area contributed by atoms with Crippen molar-refractivity contribution in [1.29, 1.82) is 0 Å². The summed E-state index contributed by atoms with van der Waals surface area (Å²) >= 11 is 0. The summed E-state index contributed by atoms with van der Waals surface area (Å²) in [5.74, 6) is 2.39. The van der Waals surface area contributed by atoms with E-state index in [0.717, 1.165) is 0 Å². The van der Waals surface area contributed by atoms with Crippen LogP contribution in [-0.4, -0.2) is 11.2 Å². The van der Waals surface area contributed by atoms with E-state index in [4.69, 9.17) is 0 Å². The predicted octanol–water partition coefficient (Wildman–Crippen LogP) is 2.69. The van der Waals surface area contributed by atoms with Crippen molar-refractivity contribution in [3.05, 3.63) is 0 Å². The molecule has 1 fully saturated rings. The largest absolute Gasteiger partial charge is 0.393 e. The number of rotatable bonds is 2. The molecule has 2 unspecified atom stereocenters. The van der Waals surface area contributed by atoms with E-state index in [1.807, 2.05) is 0 Å². The maximum absolute atomic E-state index is 9.99. The Kier molecular flexibility index (Phi) is 3.16. The molecule has 2 atom stereocenters. The third-order valence-corrected chi connectivity index (χ3v) is 3.42. The Morgan fingerprint density at radius 1 is 0.917 bits per heavy atom. The van der Waals surface area contributed by atoms with Crippen LogP contribution in [0.5, 0.6) is 0 Å². The zero-order valence-corrected chi connectivity index (χ0v) is 8.75. The van der Waals surface area contributed by atoms with Crippen LogP contribution in [0.2, 0.25) is 0 Å². The third kappa shape index (κ3) is 1.82. The number of hydrogen-bond acceptors (Lipinski definition) is 1. The second-order valence-corrected chi connectivity index (χ2v) is 4.88. The maximum Gasteiger partial charge on any atom is 0.0601 e. The standard InChI is InChI=1S/C11H22O/c1-7(2)9-5-6-10(8(3)4)11(9)12/h7-12H,5-6H2,1-4H3. The van der Waals surface area contributed by atoms with E-state index in [9.17, 15) is 5.11 Å². The van der Waals surface area contributed by atoms with Crippen molar-refractivity contribution in [2.45, 2.75) is 46.6 Å². The molecule has 0 heterocycles. The first kappa shape index (κ1) is 10.0. The molecular formula is C11H22O. The summed E-state index contributed by atoms with van der Waals surface area (Å²) in [6, 6.07) is 0. The summed E-state index contributed by atoms with van der Waals surface area (Å²) in [7, 11) is 0. The van der Waals surface area contributed by atoms with Crippen LogP contribution in [0.1, 0.15) is 40.5 Å². The fourth-order valence-corrected chi connectivity index (χ4v) is 2.50. The molecule has 0 bridgehead atoms.